The van der Waals surface area contributed by atoms with Crippen molar-refractivity contribution >= 4 is 32.5 Å². The lowest BCUT2D eigenvalue weighted by Gasteiger charge is -2.28. The highest BCUT2D eigenvalue weighted by molar-refractivity contribution is 9.10. The molecule has 2 N–H and O–H groups in total. The van der Waals surface area contributed by atoms with E-state index in [1.807, 2.05) is 42.5 Å². The van der Waals surface area contributed by atoms with Gasteiger partial charge in [-0.3, -0.25) is 4.68 Å². The van der Waals surface area contributed by atoms with Crippen LogP contribution in [0, 0.1) is 11.6 Å². The van der Waals surface area contributed by atoms with Gasteiger partial charge in [-0.2, -0.15) is 10.2 Å². The number of aliphatic hydroxyl groups is 1. The van der Waals surface area contributed by atoms with Gasteiger partial charge in [0, 0.05) is 39.9 Å². The molecule has 1 unspecified atom stereocenters. The lowest BCUT2D eigenvalue weighted by atomic mass is 9.93. The number of aromatic nitrogens is 5. The second kappa shape index (κ2) is 9.55. The van der Waals surface area contributed by atoms with Gasteiger partial charge in [0.25, 0.3) is 0 Å². The zero-order chi connectivity index (χ0) is 24.4. The molecule has 7 nitrogen and oxygen atoms in total. The van der Waals surface area contributed by atoms with E-state index >= 15 is 0 Å². The Balaban J connectivity index is 1.40. The van der Waals surface area contributed by atoms with Crippen LogP contribution in [0.1, 0.15) is 11.1 Å². The van der Waals surface area contributed by atoms with Crippen LogP contribution in [0.5, 0.6) is 0 Å². The fourth-order valence-electron chi connectivity index (χ4n) is 4.01. The van der Waals surface area contributed by atoms with E-state index in [2.05, 4.69) is 36.4 Å². The Labute approximate surface area is 208 Å². The lowest BCUT2D eigenvalue weighted by Crippen LogP contribution is -2.37. The number of nitrogens with zero attached hydrogens (tertiary/aromatic N) is 5. The summed E-state index contributed by atoms with van der Waals surface area (Å²) >= 11 is 3.44. The van der Waals surface area contributed by atoms with Gasteiger partial charge < -0.3 is 10.4 Å². The summed E-state index contributed by atoms with van der Waals surface area (Å²) in [6.45, 7) is 0.492. The number of nitrogens with one attached hydrogen (secondary N) is 1. The largest absolute Gasteiger partial charge is 0.381 e. The van der Waals surface area contributed by atoms with Crippen LogP contribution in [0.15, 0.2) is 84.0 Å². The number of benzene rings is 3. The van der Waals surface area contributed by atoms with Gasteiger partial charge >= 0.3 is 0 Å². The molecule has 0 spiro atoms. The third-order valence-corrected chi connectivity index (χ3v) is 6.24. The molecule has 0 aliphatic rings. The molecule has 2 heterocycles. The van der Waals surface area contributed by atoms with Gasteiger partial charge in [0.2, 0.25) is 0 Å². The number of hydrogen-bond donors (Lipinski definition) is 2. The maximum atomic E-state index is 14.7. The summed E-state index contributed by atoms with van der Waals surface area (Å²) in [7, 11) is 0. The molecule has 0 bridgehead atoms. The van der Waals surface area contributed by atoms with Crippen molar-refractivity contribution in [1.82, 2.24) is 24.5 Å². The van der Waals surface area contributed by atoms with Crippen LogP contribution in [0.4, 0.5) is 14.5 Å². The minimum absolute atomic E-state index is 0.0502. The predicted molar refractivity (Wildman–Crippen MR) is 131 cm³/mol. The molecule has 2 aromatic heterocycles. The van der Waals surface area contributed by atoms with Gasteiger partial charge in [0.1, 0.15) is 29.9 Å². The van der Waals surface area contributed by atoms with Gasteiger partial charge in [-0.25, -0.2) is 18.4 Å². The number of fused-ring (bicyclic) bond motifs is 1. The van der Waals surface area contributed by atoms with Crippen molar-refractivity contribution in [3.8, 4) is 0 Å². The molecular formula is C25H21BrF2N6O. The van der Waals surface area contributed by atoms with Crippen molar-refractivity contribution in [3.63, 3.8) is 0 Å². The normalized spacial score (nSPS) is 13.1. The zero-order valence-corrected chi connectivity index (χ0v) is 20.0. The maximum Gasteiger partial charge on any atom is 0.137 e. The number of rotatable bonds is 8. The van der Waals surface area contributed by atoms with E-state index in [1.54, 1.807) is 10.9 Å². The molecule has 178 valence electrons. The van der Waals surface area contributed by atoms with Gasteiger partial charge in [0.05, 0.1) is 18.6 Å². The zero-order valence-electron chi connectivity index (χ0n) is 18.4. The SMILES string of the molecule is OC(Cn1cncn1)(Cn1cc2cc(NCc3ccc(Br)cc3)ccc2n1)c1ccc(F)cc1F. The topological polar surface area (TPSA) is 80.8 Å². The molecule has 10 heteroatoms. The third kappa shape index (κ3) is 5.23. The minimum Gasteiger partial charge on any atom is -0.381 e. The van der Waals surface area contributed by atoms with Crippen molar-refractivity contribution in [1.29, 1.82) is 0 Å². The fraction of sp³-hybridized carbons (Fsp3) is 0.160. The molecular weight excluding hydrogens is 518 g/mol. The highest BCUT2D eigenvalue weighted by atomic mass is 79.9. The van der Waals surface area contributed by atoms with E-state index in [0.29, 0.717) is 6.54 Å². The summed E-state index contributed by atoms with van der Waals surface area (Å²) in [5, 5.41) is 24.4. The smallest absolute Gasteiger partial charge is 0.137 e. The van der Waals surface area contributed by atoms with E-state index in [-0.39, 0.29) is 18.7 Å². The first-order chi connectivity index (χ1) is 16.9. The van der Waals surface area contributed by atoms with Gasteiger partial charge in [-0.1, -0.05) is 34.1 Å². The molecule has 5 rings (SSSR count). The standard InChI is InChI=1S/C25H21BrF2N6O/c26-19-3-1-17(2-4-19)11-30-21-6-8-24-18(9-21)12-33(32-24)13-25(35,14-34-16-29-15-31-34)22-7-5-20(27)10-23(22)28/h1-10,12,15-16,30,35H,11,13-14H2. The van der Waals surface area contributed by atoms with Crippen LogP contribution in [0.25, 0.3) is 10.9 Å². The Morgan fingerprint density at radius 2 is 1.77 bits per heavy atom. The van der Waals surface area contributed by atoms with Crippen molar-refractivity contribution in [3.05, 3.63) is 107 Å². The number of hydrogen-bond acceptors (Lipinski definition) is 5. The summed E-state index contributed by atoms with van der Waals surface area (Å²) in [5.74, 6) is -1.56. The van der Waals surface area contributed by atoms with Gasteiger partial charge in [-0.05, 0) is 42.0 Å². The quantitative estimate of drug-likeness (QED) is 0.294. The van der Waals surface area contributed by atoms with E-state index in [4.69, 9.17) is 0 Å². The summed E-state index contributed by atoms with van der Waals surface area (Å²) < 4.78 is 32.2. The fourth-order valence-corrected chi connectivity index (χ4v) is 4.28. The van der Waals surface area contributed by atoms with Crippen LogP contribution in [-0.4, -0.2) is 29.7 Å². The Morgan fingerprint density at radius 3 is 2.51 bits per heavy atom. The monoisotopic (exact) mass is 538 g/mol. The van der Waals surface area contributed by atoms with E-state index in [0.717, 1.165) is 38.8 Å². The lowest BCUT2D eigenvalue weighted by molar-refractivity contribution is -0.00828. The Kier molecular flexibility index (Phi) is 6.31. The van der Waals surface area contributed by atoms with E-state index in [1.165, 1.54) is 23.4 Å². The van der Waals surface area contributed by atoms with Crippen molar-refractivity contribution < 1.29 is 13.9 Å². The van der Waals surface area contributed by atoms with Crippen LogP contribution in [0.2, 0.25) is 0 Å². The van der Waals surface area contributed by atoms with Crippen LogP contribution < -0.4 is 5.32 Å². The highest BCUT2D eigenvalue weighted by Crippen LogP contribution is 2.29. The Bertz CT molecular complexity index is 1460. The van der Waals surface area contributed by atoms with Crippen molar-refractivity contribution in [2.45, 2.75) is 25.2 Å². The van der Waals surface area contributed by atoms with Crippen LogP contribution in [-0.2, 0) is 25.2 Å². The Hall–Kier alpha value is -3.63. The molecule has 1 atom stereocenters. The summed E-state index contributed by atoms with van der Waals surface area (Å²) in [4.78, 5) is 3.89. The summed E-state index contributed by atoms with van der Waals surface area (Å²) in [5.41, 5.74) is 0.981. The average molecular weight is 539 g/mol. The molecule has 0 fully saturated rings. The Morgan fingerprint density at radius 1 is 0.971 bits per heavy atom. The molecule has 5 aromatic rings. The first-order valence-electron chi connectivity index (χ1n) is 10.8. The van der Waals surface area contributed by atoms with E-state index < -0.39 is 17.2 Å². The summed E-state index contributed by atoms with van der Waals surface area (Å²) in [6.07, 6.45) is 4.54. The molecule has 0 aliphatic carbocycles. The first kappa shape index (κ1) is 23.1. The number of anilines is 1. The molecule has 3 aromatic carbocycles. The van der Waals surface area contributed by atoms with Crippen molar-refractivity contribution in [2.24, 2.45) is 0 Å². The molecule has 0 aliphatic heterocycles. The number of halogens is 3. The molecule has 0 amide bonds. The second-order valence-electron chi connectivity index (χ2n) is 8.33. The minimum atomic E-state index is -1.75. The first-order valence-corrected chi connectivity index (χ1v) is 11.6. The van der Waals surface area contributed by atoms with Gasteiger partial charge in [0.15, 0.2) is 0 Å². The maximum absolute atomic E-state index is 14.7. The second-order valence-corrected chi connectivity index (χ2v) is 9.24. The molecule has 0 radical (unpaired) electrons. The van der Waals surface area contributed by atoms with Crippen molar-refractivity contribution in [2.75, 3.05) is 5.32 Å². The predicted octanol–water partition coefficient (Wildman–Crippen LogP) is 4.87. The molecule has 0 saturated carbocycles. The molecule has 0 saturated heterocycles. The van der Waals surface area contributed by atoms with Crippen LogP contribution in [0.3, 0.4) is 0 Å². The molecule has 35 heavy (non-hydrogen) atoms. The highest BCUT2D eigenvalue weighted by Gasteiger charge is 2.34. The summed E-state index contributed by atoms with van der Waals surface area (Å²) in [6, 6.07) is 17.0. The van der Waals surface area contributed by atoms with Crippen LogP contribution >= 0.6 is 15.9 Å². The average Bonchev–Trinajstić information content (AvgIpc) is 3.47. The van der Waals surface area contributed by atoms with E-state index in [9.17, 15) is 13.9 Å². The third-order valence-electron chi connectivity index (χ3n) is 5.71. The van der Waals surface area contributed by atoms with Gasteiger partial charge in [-0.15, -0.1) is 0 Å².